The zero-order chi connectivity index (χ0) is 18.9. The van der Waals surface area contributed by atoms with Gasteiger partial charge in [-0.2, -0.15) is 0 Å². The Bertz CT molecular complexity index is 738. The predicted molar refractivity (Wildman–Crippen MR) is 101 cm³/mol. The molecule has 0 aliphatic carbocycles. The Morgan fingerprint density at radius 1 is 1.08 bits per heavy atom. The molecule has 2 N–H and O–H groups in total. The minimum absolute atomic E-state index is 0.235. The fourth-order valence-corrected chi connectivity index (χ4v) is 2.90. The van der Waals surface area contributed by atoms with Crippen LogP contribution in [0, 0.1) is 0 Å². The van der Waals surface area contributed by atoms with Crippen LogP contribution in [0.1, 0.15) is 47.0 Å². The molecule has 8 heteroatoms. The maximum absolute atomic E-state index is 12.4. The Hall–Kier alpha value is -2.61. The van der Waals surface area contributed by atoms with Gasteiger partial charge < -0.3 is 14.8 Å². The van der Waals surface area contributed by atoms with Crippen LogP contribution in [-0.2, 0) is 0 Å². The molecule has 1 heterocycles. The minimum atomic E-state index is -0.355. The first kappa shape index (κ1) is 19.7. The average molecular weight is 377 g/mol. The van der Waals surface area contributed by atoms with E-state index in [4.69, 9.17) is 9.47 Å². The van der Waals surface area contributed by atoms with Gasteiger partial charge in [0.2, 0.25) is 0 Å². The van der Waals surface area contributed by atoms with Crippen molar-refractivity contribution < 1.29 is 19.1 Å². The number of anilines is 1. The maximum Gasteiger partial charge on any atom is 0.270 e. The van der Waals surface area contributed by atoms with Crippen LogP contribution in [-0.4, -0.2) is 37.6 Å². The molecule has 26 heavy (non-hydrogen) atoms. The van der Waals surface area contributed by atoms with Crippen LogP contribution in [0.2, 0.25) is 0 Å². The van der Waals surface area contributed by atoms with Crippen LogP contribution < -0.4 is 20.1 Å². The van der Waals surface area contributed by atoms with Crippen LogP contribution in [0.3, 0.4) is 0 Å². The summed E-state index contributed by atoms with van der Waals surface area (Å²) in [5, 5.41) is 7.49. The third kappa shape index (κ3) is 5.45. The van der Waals surface area contributed by atoms with Crippen LogP contribution >= 0.6 is 11.3 Å². The molecule has 0 aliphatic rings. The largest absolute Gasteiger partial charge is 0.497 e. The molecule has 140 valence electrons. The smallest absolute Gasteiger partial charge is 0.270 e. The summed E-state index contributed by atoms with van der Waals surface area (Å²) in [7, 11) is 3.03. The second kappa shape index (κ2) is 9.76. The van der Waals surface area contributed by atoms with Crippen molar-refractivity contribution in [2.75, 3.05) is 26.1 Å². The van der Waals surface area contributed by atoms with Gasteiger partial charge in [-0.1, -0.05) is 19.8 Å². The summed E-state index contributed by atoms with van der Waals surface area (Å²) in [6, 6.07) is 4.89. The third-order valence-corrected chi connectivity index (χ3v) is 4.39. The van der Waals surface area contributed by atoms with Crippen molar-refractivity contribution in [3.8, 4) is 11.5 Å². The number of nitrogens with one attached hydrogen (secondary N) is 2. The number of nitrogens with zero attached hydrogens (tertiary/aromatic N) is 1. The molecule has 0 spiro atoms. The molecule has 0 saturated heterocycles. The van der Waals surface area contributed by atoms with Crippen LogP contribution in [0.15, 0.2) is 23.6 Å². The lowest BCUT2D eigenvalue weighted by atomic mass is 10.2. The summed E-state index contributed by atoms with van der Waals surface area (Å²) >= 11 is 1.20. The van der Waals surface area contributed by atoms with Crippen LogP contribution in [0.25, 0.3) is 0 Å². The number of hydrogen-bond donors (Lipinski definition) is 2. The van der Waals surface area contributed by atoms with Crippen molar-refractivity contribution in [2.45, 2.75) is 26.2 Å². The van der Waals surface area contributed by atoms with E-state index in [-0.39, 0.29) is 11.8 Å². The average Bonchev–Trinajstić information content (AvgIpc) is 3.13. The first-order valence-corrected chi connectivity index (χ1v) is 9.23. The quantitative estimate of drug-likeness (QED) is 0.654. The summed E-state index contributed by atoms with van der Waals surface area (Å²) in [4.78, 5) is 28.6. The van der Waals surface area contributed by atoms with Crippen molar-refractivity contribution in [1.82, 2.24) is 10.3 Å². The molecule has 0 unspecified atom stereocenters. The molecule has 0 aliphatic heterocycles. The van der Waals surface area contributed by atoms with E-state index >= 15 is 0 Å². The standard InChI is InChI=1S/C18H23N3O4S/c1-4-5-6-7-19-17(23)15-11-26-18(20-15)21-16(22)12-8-13(24-2)10-14(9-12)25-3/h8-11H,4-7H2,1-3H3,(H,19,23)(H,20,21,22). The fourth-order valence-electron chi connectivity index (χ4n) is 2.21. The first-order chi connectivity index (χ1) is 12.6. The molecule has 2 aromatic rings. The summed E-state index contributed by atoms with van der Waals surface area (Å²) in [6.45, 7) is 2.73. The summed E-state index contributed by atoms with van der Waals surface area (Å²) in [6.07, 6.45) is 3.11. The van der Waals surface area contributed by atoms with E-state index in [1.807, 2.05) is 0 Å². The number of unbranched alkanes of at least 4 members (excludes halogenated alkanes) is 2. The van der Waals surface area contributed by atoms with Gasteiger partial charge in [-0.25, -0.2) is 4.98 Å². The predicted octanol–water partition coefficient (Wildman–Crippen LogP) is 3.33. The number of hydrogen-bond acceptors (Lipinski definition) is 6. The topological polar surface area (TPSA) is 89.6 Å². The number of thiazole rings is 1. The second-order valence-electron chi connectivity index (χ2n) is 5.56. The second-order valence-corrected chi connectivity index (χ2v) is 6.41. The maximum atomic E-state index is 12.4. The molecule has 0 radical (unpaired) electrons. The number of benzene rings is 1. The SMILES string of the molecule is CCCCCNC(=O)c1csc(NC(=O)c2cc(OC)cc(OC)c2)n1. The molecule has 2 amide bonds. The molecule has 0 saturated carbocycles. The number of amides is 2. The Balaban J connectivity index is 2.00. The van der Waals surface area contributed by atoms with Gasteiger partial charge in [-0.05, 0) is 18.6 Å². The van der Waals surface area contributed by atoms with Gasteiger partial charge in [-0.3, -0.25) is 14.9 Å². The highest BCUT2D eigenvalue weighted by Gasteiger charge is 2.14. The van der Waals surface area contributed by atoms with Crippen molar-refractivity contribution in [3.63, 3.8) is 0 Å². The first-order valence-electron chi connectivity index (χ1n) is 8.35. The summed E-state index contributed by atoms with van der Waals surface area (Å²) in [5.41, 5.74) is 0.673. The van der Waals surface area contributed by atoms with E-state index in [2.05, 4.69) is 22.5 Å². The molecule has 0 bridgehead atoms. The zero-order valence-electron chi connectivity index (χ0n) is 15.1. The number of rotatable bonds is 9. The zero-order valence-corrected chi connectivity index (χ0v) is 15.9. The van der Waals surface area contributed by atoms with Crippen molar-refractivity contribution in [3.05, 3.63) is 34.8 Å². The molecule has 2 rings (SSSR count). The third-order valence-electron chi connectivity index (χ3n) is 3.64. The lowest BCUT2D eigenvalue weighted by molar-refractivity contribution is 0.0947. The van der Waals surface area contributed by atoms with Crippen molar-refractivity contribution >= 4 is 28.3 Å². The van der Waals surface area contributed by atoms with E-state index in [9.17, 15) is 9.59 Å². The molecule has 1 aromatic carbocycles. The van der Waals surface area contributed by atoms with E-state index < -0.39 is 0 Å². The van der Waals surface area contributed by atoms with E-state index in [1.165, 1.54) is 25.6 Å². The van der Waals surface area contributed by atoms with Crippen LogP contribution in [0.4, 0.5) is 5.13 Å². The highest BCUT2D eigenvalue weighted by Crippen LogP contribution is 2.24. The van der Waals surface area contributed by atoms with E-state index in [0.29, 0.717) is 34.4 Å². The molecule has 0 atom stereocenters. The van der Waals surface area contributed by atoms with E-state index in [1.54, 1.807) is 23.6 Å². The van der Waals surface area contributed by atoms with Gasteiger partial charge in [0.15, 0.2) is 5.13 Å². The van der Waals surface area contributed by atoms with Crippen molar-refractivity contribution in [1.29, 1.82) is 0 Å². The van der Waals surface area contributed by atoms with Gasteiger partial charge in [0.1, 0.15) is 17.2 Å². The number of aromatic nitrogens is 1. The van der Waals surface area contributed by atoms with Crippen molar-refractivity contribution in [2.24, 2.45) is 0 Å². The minimum Gasteiger partial charge on any atom is -0.497 e. The Morgan fingerprint density at radius 3 is 2.38 bits per heavy atom. The molecular formula is C18H23N3O4S. The number of methoxy groups -OCH3 is 2. The molecule has 7 nitrogen and oxygen atoms in total. The monoisotopic (exact) mass is 377 g/mol. The Morgan fingerprint density at radius 2 is 1.77 bits per heavy atom. The molecule has 0 fully saturated rings. The molecular weight excluding hydrogens is 354 g/mol. The fraction of sp³-hybridized carbons (Fsp3) is 0.389. The summed E-state index contributed by atoms with van der Waals surface area (Å²) < 4.78 is 10.3. The Kier molecular flexibility index (Phi) is 7.40. The van der Waals surface area contributed by atoms with Gasteiger partial charge in [0.25, 0.3) is 11.8 Å². The lowest BCUT2D eigenvalue weighted by Crippen LogP contribution is -2.24. The number of carbonyl (C=O) groups excluding carboxylic acids is 2. The highest BCUT2D eigenvalue weighted by atomic mass is 32.1. The van der Waals surface area contributed by atoms with Crippen LogP contribution in [0.5, 0.6) is 11.5 Å². The Labute approximate surface area is 156 Å². The normalized spacial score (nSPS) is 10.3. The highest BCUT2D eigenvalue weighted by molar-refractivity contribution is 7.14. The van der Waals surface area contributed by atoms with Gasteiger partial charge in [0.05, 0.1) is 14.2 Å². The number of ether oxygens (including phenoxy) is 2. The van der Waals surface area contributed by atoms with Gasteiger partial charge in [-0.15, -0.1) is 11.3 Å². The van der Waals surface area contributed by atoms with Gasteiger partial charge in [0, 0.05) is 23.6 Å². The van der Waals surface area contributed by atoms with E-state index in [0.717, 1.165) is 19.3 Å². The lowest BCUT2D eigenvalue weighted by Gasteiger charge is -2.08. The van der Waals surface area contributed by atoms with Gasteiger partial charge >= 0.3 is 0 Å². The number of carbonyl (C=O) groups is 2. The summed E-state index contributed by atoms with van der Waals surface area (Å²) in [5.74, 6) is 0.439. The molecule has 1 aromatic heterocycles.